The molecule has 1 saturated heterocycles. The lowest BCUT2D eigenvalue weighted by molar-refractivity contribution is 0.00611. The topological polar surface area (TPSA) is 9.23 Å². The van der Waals surface area contributed by atoms with E-state index in [4.69, 9.17) is 4.74 Å². The normalized spacial score (nSPS) is 32.0. The fourth-order valence-electron chi connectivity index (χ4n) is 1.90. The highest BCUT2D eigenvalue weighted by Gasteiger charge is 2.25. The van der Waals surface area contributed by atoms with E-state index in [0.29, 0.717) is 6.10 Å². The molecule has 2 heteroatoms. The van der Waals surface area contributed by atoms with Crippen LogP contribution in [0.2, 0.25) is 25.7 Å². The molecule has 0 aromatic heterocycles. The van der Waals surface area contributed by atoms with E-state index in [2.05, 4.69) is 26.6 Å². The van der Waals surface area contributed by atoms with Crippen molar-refractivity contribution in [3.8, 4) is 0 Å². The first-order chi connectivity index (χ1) is 5.47. The van der Waals surface area contributed by atoms with Crippen LogP contribution in [0, 0.1) is 5.92 Å². The van der Waals surface area contributed by atoms with E-state index in [9.17, 15) is 0 Å². The van der Waals surface area contributed by atoms with Crippen LogP contribution >= 0.6 is 0 Å². The molecular weight excluding hydrogens is 164 g/mol. The summed E-state index contributed by atoms with van der Waals surface area (Å²) in [5, 5.41) is 0. The van der Waals surface area contributed by atoms with Crippen LogP contribution in [-0.4, -0.2) is 20.8 Å². The van der Waals surface area contributed by atoms with Gasteiger partial charge in [-0.1, -0.05) is 26.6 Å². The van der Waals surface area contributed by atoms with Gasteiger partial charge < -0.3 is 4.74 Å². The Bertz CT molecular complexity index is 139. The molecule has 0 aliphatic carbocycles. The molecule has 1 aliphatic rings. The van der Waals surface area contributed by atoms with Gasteiger partial charge in [-0.15, -0.1) is 0 Å². The van der Waals surface area contributed by atoms with Gasteiger partial charge >= 0.3 is 0 Å². The summed E-state index contributed by atoms with van der Waals surface area (Å²) in [6, 6.07) is 1.34. The van der Waals surface area contributed by atoms with Gasteiger partial charge in [0, 0.05) is 14.7 Å². The van der Waals surface area contributed by atoms with Gasteiger partial charge in [-0.25, -0.2) is 0 Å². The smallest absolute Gasteiger partial charge is 0.0554 e. The molecule has 0 bridgehead atoms. The maximum Gasteiger partial charge on any atom is 0.0554 e. The first-order valence-electron chi connectivity index (χ1n) is 5.09. The van der Waals surface area contributed by atoms with E-state index in [1.165, 1.54) is 18.9 Å². The van der Waals surface area contributed by atoms with Gasteiger partial charge in [0.1, 0.15) is 0 Å². The van der Waals surface area contributed by atoms with Gasteiger partial charge in [0.05, 0.1) is 6.10 Å². The molecule has 0 aromatic carbocycles. The van der Waals surface area contributed by atoms with Crippen LogP contribution in [0.15, 0.2) is 0 Å². The standard InChI is InChI=1S/C10H22OSi/c1-9-5-6-11-10(7-9)8-12(2,3)4/h9-10H,5-8H2,1-4H3/t9-,10+/m0/s1. The maximum atomic E-state index is 5.76. The first-order valence-corrected chi connectivity index (χ1v) is 8.80. The second-order valence-electron chi connectivity index (χ2n) is 5.39. The van der Waals surface area contributed by atoms with Gasteiger partial charge in [-0.2, -0.15) is 0 Å². The highest BCUT2D eigenvalue weighted by atomic mass is 28.3. The van der Waals surface area contributed by atoms with E-state index < -0.39 is 8.07 Å². The Balaban J connectivity index is 2.32. The molecule has 72 valence electrons. The third-order valence-corrected chi connectivity index (χ3v) is 4.15. The van der Waals surface area contributed by atoms with Crippen molar-refractivity contribution in [2.45, 2.75) is 51.6 Å². The molecule has 1 fully saturated rings. The van der Waals surface area contributed by atoms with Crippen LogP contribution in [0.25, 0.3) is 0 Å². The molecule has 12 heavy (non-hydrogen) atoms. The molecule has 0 spiro atoms. The van der Waals surface area contributed by atoms with Gasteiger partial charge in [0.2, 0.25) is 0 Å². The summed E-state index contributed by atoms with van der Waals surface area (Å²) in [6.07, 6.45) is 3.15. The lowest BCUT2D eigenvalue weighted by Crippen LogP contribution is -2.32. The Kier molecular flexibility index (Phi) is 3.35. The summed E-state index contributed by atoms with van der Waals surface area (Å²) in [6.45, 7) is 10.6. The minimum absolute atomic E-state index is 0.584. The molecule has 1 aliphatic heterocycles. The second kappa shape index (κ2) is 3.92. The lowest BCUT2D eigenvalue weighted by Gasteiger charge is -2.31. The van der Waals surface area contributed by atoms with Crippen LogP contribution in [-0.2, 0) is 4.74 Å². The van der Waals surface area contributed by atoms with E-state index in [1.54, 1.807) is 0 Å². The van der Waals surface area contributed by atoms with E-state index >= 15 is 0 Å². The molecular formula is C10H22OSi. The molecule has 1 heterocycles. The minimum atomic E-state index is -0.899. The Hall–Kier alpha value is 0.177. The van der Waals surface area contributed by atoms with Crippen molar-refractivity contribution in [2.24, 2.45) is 5.92 Å². The number of rotatable bonds is 2. The van der Waals surface area contributed by atoms with Crippen molar-refractivity contribution in [3.63, 3.8) is 0 Å². The van der Waals surface area contributed by atoms with Crippen LogP contribution in [0.1, 0.15) is 19.8 Å². The Morgan fingerprint density at radius 3 is 2.50 bits per heavy atom. The highest BCUT2D eigenvalue weighted by Crippen LogP contribution is 2.25. The fourth-order valence-corrected chi connectivity index (χ4v) is 3.55. The minimum Gasteiger partial charge on any atom is -0.378 e. The average Bonchev–Trinajstić information content (AvgIpc) is 1.82. The first kappa shape index (κ1) is 10.3. The Labute approximate surface area is 77.5 Å². The van der Waals surface area contributed by atoms with Gasteiger partial charge in [0.15, 0.2) is 0 Å². The van der Waals surface area contributed by atoms with Gasteiger partial charge in [-0.05, 0) is 24.8 Å². The van der Waals surface area contributed by atoms with E-state index in [1.807, 2.05) is 0 Å². The van der Waals surface area contributed by atoms with Crippen molar-refractivity contribution >= 4 is 8.07 Å². The van der Waals surface area contributed by atoms with Crippen molar-refractivity contribution in [2.75, 3.05) is 6.61 Å². The van der Waals surface area contributed by atoms with E-state index in [0.717, 1.165) is 12.5 Å². The lowest BCUT2D eigenvalue weighted by atomic mass is 9.99. The number of hydrogen-bond donors (Lipinski definition) is 0. The molecule has 2 atom stereocenters. The third kappa shape index (κ3) is 3.72. The zero-order chi connectivity index (χ0) is 9.19. The van der Waals surface area contributed by atoms with Crippen molar-refractivity contribution in [3.05, 3.63) is 0 Å². The second-order valence-corrected chi connectivity index (χ2v) is 10.9. The van der Waals surface area contributed by atoms with Gasteiger partial charge in [0.25, 0.3) is 0 Å². The van der Waals surface area contributed by atoms with E-state index in [-0.39, 0.29) is 0 Å². The summed E-state index contributed by atoms with van der Waals surface area (Å²) in [4.78, 5) is 0. The Morgan fingerprint density at radius 2 is 2.00 bits per heavy atom. The van der Waals surface area contributed by atoms with Crippen LogP contribution < -0.4 is 0 Å². The quantitative estimate of drug-likeness (QED) is 0.602. The number of ether oxygens (including phenoxy) is 1. The zero-order valence-corrected chi connectivity index (χ0v) is 9.89. The summed E-state index contributed by atoms with van der Waals surface area (Å²) in [5.41, 5.74) is 0. The predicted octanol–water partition coefficient (Wildman–Crippen LogP) is 3.14. The molecule has 0 saturated carbocycles. The SMILES string of the molecule is C[C@H]1CCO[C@@H](C[Si](C)(C)C)C1. The molecule has 0 aromatic rings. The third-order valence-electron chi connectivity index (χ3n) is 2.47. The molecule has 0 unspecified atom stereocenters. The molecule has 1 rings (SSSR count). The van der Waals surface area contributed by atoms with Crippen LogP contribution in [0.3, 0.4) is 0 Å². The highest BCUT2D eigenvalue weighted by molar-refractivity contribution is 6.76. The largest absolute Gasteiger partial charge is 0.378 e. The fraction of sp³-hybridized carbons (Fsp3) is 1.00. The summed E-state index contributed by atoms with van der Waals surface area (Å²) in [5.74, 6) is 0.889. The summed E-state index contributed by atoms with van der Waals surface area (Å²) >= 11 is 0. The summed E-state index contributed by atoms with van der Waals surface area (Å²) < 4.78 is 5.76. The molecule has 0 N–H and O–H groups in total. The van der Waals surface area contributed by atoms with Crippen molar-refractivity contribution < 1.29 is 4.74 Å². The zero-order valence-electron chi connectivity index (χ0n) is 8.89. The Morgan fingerprint density at radius 1 is 1.33 bits per heavy atom. The predicted molar refractivity (Wildman–Crippen MR) is 56.3 cm³/mol. The van der Waals surface area contributed by atoms with Crippen molar-refractivity contribution in [1.29, 1.82) is 0 Å². The molecule has 0 radical (unpaired) electrons. The van der Waals surface area contributed by atoms with Crippen molar-refractivity contribution in [1.82, 2.24) is 0 Å². The maximum absolute atomic E-state index is 5.76. The van der Waals surface area contributed by atoms with Gasteiger partial charge in [-0.3, -0.25) is 0 Å². The van der Waals surface area contributed by atoms with Crippen LogP contribution in [0.5, 0.6) is 0 Å². The monoisotopic (exact) mass is 186 g/mol. The molecule has 1 nitrogen and oxygen atoms in total. The number of hydrogen-bond acceptors (Lipinski definition) is 1. The summed E-state index contributed by atoms with van der Waals surface area (Å²) in [7, 11) is -0.899. The van der Waals surface area contributed by atoms with Crippen LogP contribution in [0.4, 0.5) is 0 Å². The molecule has 0 amide bonds. The average molecular weight is 186 g/mol.